The van der Waals surface area contributed by atoms with Crippen LogP contribution in [0.15, 0.2) is 42.5 Å². The van der Waals surface area contributed by atoms with E-state index < -0.39 is 0 Å². The van der Waals surface area contributed by atoms with Crippen molar-refractivity contribution < 1.29 is 14.3 Å². The first kappa shape index (κ1) is 16.7. The fraction of sp³-hybridized carbons (Fsp3) is 0.278. The summed E-state index contributed by atoms with van der Waals surface area (Å²) in [6, 6.07) is 12.8. The van der Waals surface area contributed by atoms with Gasteiger partial charge in [-0.05, 0) is 35.7 Å². The first-order chi connectivity index (χ1) is 11.0. The molecule has 23 heavy (non-hydrogen) atoms. The van der Waals surface area contributed by atoms with Crippen molar-refractivity contribution in [3.63, 3.8) is 0 Å². The van der Waals surface area contributed by atoms with Gasteiger partial charge in [0.1, 0.15) is 11.5 Å². The summed E-state index contributed by atoms with van der Waals surface area (Å²) >= 11 is 0. The minimum atomic E-state index is -0.278. The molecule has 2 aromatic carbocycles. The van der Waals surface area contributed by atoms with Gasteiger partial charge in [-0.15, -0.1) is 0 Å². The van der Waals surface area contributed by atoms with E-state index >= 15 is 0 Å². The Hall–Kier alpha value is -2.69. The molecule has 3 N–H and O–H groups in total. The highest BCUT2D eigenvalue weighted by Gasteiger charge is 2.08. The number of rotatable bonds is 6. The lowest BCUT2D eigenvalue weighted by Crippen LogP contribution is -2.20. The molecule has 122 valence electrons. The van der Waals surface area contributed by atoms with E-state index in [4.69, 9.17) is 15.2 Å². The number of carbonyl (C=O) groups is 1. The molecule has 2 aromatic rings. The second-order valence-corrected chi connectivity index (χ2v) is 5.52. The van der Waals surface area contributed by atoms with Gasteiger partial charge >= 0.3 is 0 Å². The lowest BCUT2D eigenvalue weighted by Gasteiger charge is -2.12. The van der Waals surface area contributed by atoms with E-state index in [1.54, 1.807) is 25.3 Å². The van der Waals surface area contributed by atoms with Crippen molar-refractivity contribution in [3.8, 4) is 11.5 Å². The molecule has 0 aliphatic carbocycles. The fourth-order valence-electron chi connectivity index (χ4n) is 2.07. The summed E-state index contributed by atoms with van der Waals surface area (Å²) in [4.78, 5) is 12.0. The van der Waals surface area contributed by atoms with Gasteiger partial charge < -0.3 is 20.5 Å². The maximum absolute atomic E-state index is 12.0. The Bertz CT molecular complexity index is 684. The van der Waals surface area contributed by atoms with Gasteiger partial charge in [-0.3, -0.25) is 4.79 Å². The molecule has 0 unspecified atom stereocenters. The monoisotopic (exact) mass is 314 g/mol. The van der Waals surface area contributed by atoms with Crippen LogP contribution in [0, 0.1) is 0 Å². The number of hydrogen-bond donors (Lipinski definition) is 2. The van der Waals surface area contributed by atoms with Crippen LogP contribution in [0.3, 0.4) is 0 Å². The van der Waals surface area contributed by atoms with Gasteiger partial charge in [0, 0.05) is 6.07 Å². The van der Waals surface area contributed by atoms with Crippen LogP contribution in [-0.2, 0) is 4.79 Å². The number of nitrogens with one attached hydrogen (secondary N) is 1. The third-order valence-corrected chi connectivity index (χ3v) is 3.43. The van der Waals surface area contributed by atoms with Crippen molar-refractivity contribution in [2.24, 2.45) is 0 Å². The van der Waals surface area contributed by atoms with E-state index in [2.05, 4.69) is 19.2 Å². The molecular formula is C18H22N2O3. The van der Waals surface area contributed by atoms with Crippen molar-refractivity contribution in [1.29, 1.82) is 0 Å². The molecule has 0 radical (unpaired) electrons. The number of amides is 1. The lowest BCUT2D eigenvalue weighted by atomic mass is 10.0. The van der Waals surface area contributed by atoms with Crippen LogP contribution < -0.4 is 20.5 Å². The summed E-state index contributed by atoms with van der Waals surface area (Å²) in [5.74, 6) is 1.42. The Morgan fingerprint density at radius 1 is 1.17 bits per heavy atom. The number of carbonyl (C=O) groups excluding carboxylic acids is 1. The number of hydrogen-bond acceptors (Lipinski definition) is 4. The molecule has 2 rings (SSSR count). The first-order valence-corrected chi connectivity index (χ1v) is 7.45. The average Bonchev–Trinajstić information content (AvgIpc) is 2.55. The van der Waals surface area contributed by atoms with Gasteiger partial charge in [0.05, 0.1) is 18.5 Å². The summed E-state index contributed by atoms with van der Waals surface area (Å²) in [6.07, 6.45) is 0. The molecule has 0 fully saturated rings. The number of ether oxygens (including phenoxy) is 2. The number of anilines is 2. The van der Waals surface area contributed by atoms with Crippen LogP contribution in [0.25, 0.3) is 0 Å². The molecule has 0 spiro atoms. The third kappa shape index (κ3) is 4.64. The van der Waals surface area contributed by atoms with Crippen LogP contribution in [0.1, 0.15) is 25.3 Å². The van der Waals surface area contributed by atoms with Gasteiger partial charge in [-0.25, -0.2) is 0 Å². The van der Waals surface area contributed by atoms with Crippen molar-refractivity contribution in [1.82, 2.24) is 0 Å². The van der Waals surface area contributed by atoms with E-state index in [0.717, 1.165) is 0 Å². The minimum absolute atomic E-state index is 0.0851. The molecule has 1 amide bonds. The number of benzene rings is 2. The van der Waals surface area contributed by atoms with E-state index in [9.17, 15) is 4.79 Å². The normalized spacial score (nSPS) is 10.4. The molecule has 0 saturated carbocycles. The largest absolute Gasteiger partial charge is 0.497 e. The number of methoxy groups -OCH3 is 1. The van der Waals surface area contributed by atoms with Crippen molar-refractivity contribution >= 4 is 17.3 Å². The summed E-state index contributed by atoms with van der Waals surface area (Å²) in [5.41, 5.74) is 7.99. The Morgan fingerprint density at radius 2 is 1.96 bits per heavy atom. The molecule has 0 aliphatic rings. The van der Waals surface area contributed by atoms with Gasteiger partial charge in [0.25, 0.3) is 5.91 Å². The zero-order chi connectivity index (χ0) is 16.8. The SMILES string of the molecule is COc1ccc(N)c(NC(=O)COc2cccc(C(C)C)c2)c1. The summed E-state index contributed by atoms with van der Waals surface area (Å²) in [7, 11) is 1.56. The molecule has 0 aliphatic heterocycles. The second-order valence-electron chi connectivity index (χ2n) is 5.52. The Morgan fingerprint density at radius 3 is 2.65 bits per heavy atom. The zero-order valence-corrected chi connectivity index (χ0v) is 13.6. The first-order valence-electron chi connectivity index (χ1n) is 7.45. The summed E-state index contributed by atoms with van der Waals surface area (Å²) in [6.45, 7) is 4.13. The minimum Gasteiger partial charge on any atom is -0.497 e. The van der Waals surface area contributed by atoms with E-state index in [0.29, 0.717) is 28.8 Å². The highest BCUT2D eigenvalue weighted by atomic mass is 16.5. The number of nitrogens with two attached hydrogens (primary N) is 1. The number of nitrogen functional groups attached to an aromatic ring is 1. The van der Waals surface area contributed by atoms with Gasteiger partial charge in [0.15, 0.2) is 6.61 Å². The average molecular weight is 314 g/mol. The van der Waals surface area contributed by atoms with Gasteiger partial charge in [-0.1, -0.05) is 26.0 Å². The van der Waals surface area contributed by atoms with E-state index in [1.165, 1.54) is 5.56 Å². The topological polar surface area (TPSA) is 73.6 Å². The smallest absolute Gasteiger partial charge is 0.262 e. The quantitative estimate of drug-likeness (QED) is 0.801. The molecular weight excluding hydrogens is 292 g/mol. The highest BCUT2D eigenvalue weighted by Crippen LogP contribution is 2.24. The highest BCUT2D eigenvalue weighted by molar-refractivity contribution is 5.95. The Kier molecular flexibility index (Phi) is 5.46. The molecule has 0 bridgehead atoms. The molecule has 5 heteroatoms. The fourth-order valence-corrected chi connectivity index (χ4v) is 2.07. The molecule has 0 saturated heterocycles. The second kappa shape index (κ2) is 7.54. The van der Waals surface area contributed by atoms with Gasteiger partial charge in [-0.2, -0.15) is 0 Å². The van der Waals surface area contributed by atoms with Crippen molar-refractivity contribution in [2.45, 2.75) is 19.8 Å². The molecule has 0 atom stereocenters. The van der Waals surface area contributed by atoms with Crippen LogP contribution in [0.5, 0.6) is 11.5 Å². The maximum Gasteiger partial charge on any atom is 0.262 e. The van der Waals surface area contributed by atoms with E-state index in [-0.39, 0.29) is 12.5 Å². The van der Waals surface area contributed by atoms with Gasteiger partial charge in [0.2, 0.25) is 0 Å². The molecule has 0 aromatic heterocycles. The summed E-state index contributed by atoms with van der Waals surface area (Å²) in [5, 5.41) is 2.72. The van der Waals surface area contributed by atoms with Crippen LogP contribution in [0.2, 0.25) is 0 Å². The summed E-state index contributed by atoms with van der Waals surface area (Å²) < 4.78 is 10.7. The lowest BCUT2D eigenvalue weighted by molar-refractivity contribution is -0.118. The predicted molar refractivity (Wildman–Crippen MR) is 92.1 cm³/mol. The zero-order valence-electron chi connectivity index (χ0n) is 13.6. The van der Waals surface area contributed by atoms with Crippen LogP contribution >= 0.6 is 0 Å². The standard InChI is InChI=1S/C18H22N2O3/c1-12(2)13-5-4-6-15(9-13)23-11-18(21)20-17-10-14(22-3)7-8-16(17)19/h4-10,12H,11,19H2,1-3H3,(H,20,21). The van der Waals surface area contributed by atoms with Crippen molar-refractivity contribution in [3.05, 3.63) is 48.0 Å². The molecule has 0 heterocycles. The van der Waals surface area contributed by atoms with Crippen molar-refractivity contribution in [2.75, 3.05) is 24.8 Å². The molecule has 5 nitrogen and oxygen atoms in total. The Balaban J connectivity index is 1.96. The predicted octanol–water partition coefficient (Wildman–Crippen LogP) is 3.42. The Labute approximate surface area is 136 Å². The maximum atomic E-state index is 12.0. The van der Waals surface area contributed by atoms with E-state index in [1.807, 2.05) is 24.3 Å². The third-order valence-electron chi connectivity index (χ3n) is 3.43. The van der Waals surface area contributed by atoms with Crippen LogP contribution in [-0.4, -0.2) is 19.6 Å². The van der Waals surface area contributed by atoms with Crippen LogP contribution in [0.4, 0.5) is 11.4 Å².